The lowest BCUT2D eigenvalue weighted by atomic mass is 10.2. The van der Waals surface area contributed by atoms with Gasteiger partial charge in [0.25, 0.3) is 5.91 Å². The maximum Gasteiger partial charge on any atom is 0.251 e. The summed E-state index contributed by atoms with van der Waals surface area (Å²) in [6.07, 6.45) is 0. The molecule has 0 heterocycles. The maximum absolute atomic E-state index is 11.8. The molecule has 0 saturated heterocycles. The van der Waals surface area contributed by atoms with Crippen LogP contribution in [0.1, 0.15) is 17.3 Å². The van der Waals surface area contributed by atoms with Crippen molar-refractivity contribution in [1.29, 1.82) is 0 Å². The Morgan fingerprint density at radius 1 is 1.35 bits per heavy atom. The molecule has 2 amide bonds. The molecule has 1 aromatic carbocycles. The number of amides is 2. The number of hydrogen-bond donors (Lipinski definition) is 2. The van der Waals surface area contributed by atoms with Gasteiger partial charge in [-0.1, -0.05) is 23.2 Å². The lowest BCUT2D eigenvalue weighted by molar-refractivity contribution is -0.131. The minimum Gasteiger partial charge on any atom is -0.394 e. The molecular weight excluding hydrogens is 303 g/mol. The van der Waals surface area contributed by atoms with Gasteiger partial charge in [0.15, 0.2) is 0 Å². The van der Waals surface area contributed by atoms with Crippen LogP contribution in [0.25, 0.3) is 0 Å². The predicted molar refractivity (Wildman–Crippen MR) is 78.1 cm³/mol. The van der Waals surface area contributed by atoms with Gasteiger partial charge in [-0.05, 0) is 25.1 Å². The number of carbonyl (C=O) groups is 2. The molecule has 0 radical (unpaired) electrons. The van der Waals surface area contributed by atoms with Crippen LogP contribution in [-0.4, -0.2) is 48.1 Å². The van der Waals surface area contributed by atoms with Gasteiger partial charge in [0.2, 0.25) is 5.91 Å². The lowest BCUT2D eigenvalue weighted by Gasteiger charge is -2.23. The van der Waals surface area contributed by atoms with E-state index < -0.39 is 5.91 Å². The summed E-state index contributed by atoms with van der Waals surface area (Å²) in [5, 5.41) is 12.1. The number of nitrogens with one attached hydrogen (secondary N) is 1. The quantitative estimate of drug-likeness (QED) is 0.865. The normalized spacial score (nSPS) is 11.8. The smallest absolute Gasteiger partial charge is 0.251 e. The van der Waals surface area contributed by atoms with Crippen LogP contribution >= 0.6 is 23.2 Å². The summed E-state index contributed by atoms with van der Waals surface area (Å²) in [6, 6.07) is 4.17. The molecule has 1 unspecified atom stereocenters. The Balaban J connectivity index is 2.59. The number of nitrogens with zero attached hydrogens (tertiary/aromatic N) is 1. The summed E-state index contributed by atoms with van der Waals surface area (Å²) >= 11 is 11.6. The Kier molecular flexibility index (Phi) is 6.26. The van der Waals surface area contributed by atoms with Gasteiger partial charge < -0.3 is 15.3 Å². The molecule has 0 fully saturated rings. The van der Waals surface area contributed by atoms with Gasteiger partial charge in [0.1, 0.15) is 0 Å². The van der Waals surface area contributed by atoms with Gasteiger partial charge in [-0.25, -0.2) is 0 Å². The first-order valence-corrected chi connectivity index (χ1v) is 6.72. The SMILES string of the molecule is CC(CO)N(C)C(=O)CNC(=O)c1ccc(Cl)c(Cl)c1. The summed E-state index contributed by atoms with van der Waals surface area (Å²) < 4.78 is 0. The standard InChI is InChI=1S/C13H16Cl2N2O3/c1-8(7-18)17(2)12(19)6-16-13(20)9-3-4-10(14)11(15)5-9/h3-5,8,18H,6-7H2,1-2H3,(H,16,20). The van der Waals surface area contributed by atoms with Gasteiger partial charge >= 0.3 is 0 Å². The van der Waals surface area contributed by atoms with Gasteiger partial charge in [0.05, 0.1) is 29.2 Å². The second-order valence-electron chi connectivity index (χ2n) is 4.35. The van der Waals surface area contributed by atoms with Crippen LogP contribution in [0.4, 0.5) is 0 Å². The fourth-order valence-corrected chi connectivity index (χ4v) is 1.69. The van der Waals surface area contributed by atoms with Crippen molar-refractivity contribution in [1.82, 2.24) is 10.2 Å². The Morgan fingerprint density at radius 3 is 2.55 bits per heavy atom. The summed E-state index contributed by atoms with van der Waals surface area (Å²) in [4.78, 5) is 25.0. The fraction of sp³-hybridized carbons (Fsp3) is 0.385. The molecule has 110 valence electrons. The highest BCUT2D eigenvalue weighted by molar-refractivity contribution is 6.42. The predicted octanol–water partition coefficient (Wildman–Crippen LogP) is 1.56. The highest BCUT2D eigenvalue weighted by atomic mass is 35.5. The van der Waals surface area contributed by atoms with E-state index in [-0.39, 0.29) is 30.1 Å². The molecule has 0 aliphatic heterocycles. The molecule has 0 aromatic heterocycles. The largest absolute Gasteiger partial charge is 0.394 e. The summed E-state index contributed by atoms with van der Waals surface area (Å²) in [5.41, 5.74) is 0.324. The third-order valence-electron chi connectivity index (χ3n) is 2.90. The van der Waals surface area contributed by atoms with Crippen LogP contribution in [0.3, 0.4) is 0 Å². The average Bonchev–Trinajstić information content (AvgIpc) is 2.45. The zero-order valence-electron chi connectivity index (χ0n) is 11.2. The van der Waals surface area contributed by atoms with Crippen molar-refractivity contribution in [3.63, 3.8) is 0 Å². The third-order valence-corrected chi connectivity index (χ3v) is 3.64. The molecule has 1 rings (SSSR count). The molecule has 1 aromatic rings. The van der Waals surface area contributed by atoms with E-state index in [9.17, 15) is 9.59 Å². The van der Waals surface area contributed by atoms with Gasteiger partial charge in [0, 0.05) is 12.6 Å². The fourth-order valence-electron chi connectivity index (χ4n) is 1.39. The molecule has 0 bridgehead atoms. The molecule has 0 spiro atoms. The maximum atomic E-state index is 11.8. The molecule has 0 saturated carbocycles. The van der Waals surface area contributed by atoms with Crippen LogP contribution in [-0.2, 0) is 4.79 Å². The first-order valence-electron chi connectivity index (χ1n) is 5.96. The van der Waals surface area contributed by atoms with Crippen LogP contribution in [0.15, 0.2) is 18.2 Å². The van der Waals surface area contributed by atoms with Crippen LogP contribution < -0.4 is 5.32 Å². The summed E-state index contributed by atoms with van der Waals surface area (Å²) in [7, 11) is 1.56. The Labute approximate surface area is 127 Å². The van der Waals surface area contributed by atoms with Crippen molar-refractivity contribution >= 4 is 35.0 Å². The van der Waals surface area contributed by atoms with Crippen LogP contribution in [0.2, 0.25) is 10.0 Å². The topological polar surface area (TPSA) is 69.6 Å². The van der Waals surface area contributed by atoms with Gasteiger partial charge in [-0.2, -0.15) is 0 Å². The van der Waals surface area contributed by atoms with Gasteiger partial charge in [-0.3, -0.25) is 9.59 Å². The van der Waals surface area contributed by atoms with E-state index in [2.05, 4.69) is 5.32 Å². The van der Waals surface area contributed by atoms with E-state index in [1.54, 1.807) is 14.0 Å². The van der Waals surface area contributed by atoms with Crippen molar-refractivity contribution in [3.8, 4) is 0 Å². The number of likely N-dealkylation sites (N-methyl/N-ethyl adjacent to an activating group) is 1. The molecule has 2 N–H and O–H groups in total. The number of benzene rings is 1. The van der Waals surface area contributed by atoms with E-state index in [1.807, 2.05) is 0 Å². The molecule has 1 atom stereocenters. The number of halogens is 2. The number of carbonyl (C=O) groups excluding carboxylic acids is 2. The third kappa shape index (κ3) is 4.37. The zero-order chi connectivity index (χ0) is 15.3. The first-order chi connectivity index (χ1) is 9.36. The van der Waals surface area contributed by atoms with E-state index >= 15 is 0 Å². The van der Waals surface area contributed by atoms with E-state index in [4.69, 9.17) is 28.3 Å². The van der Waals surface area contributed by atoms with Crippen molar-refractivity contribution in [2.24, 2.45) is 0 Å². The Hall–Kier alpha value is -1.30. The second kappa shape index (κ2) is 7.47. The Morgan fingerprint density at radius 2 is 2.00 bits per heavy atom. The summed E-state index contributed by atoms with van der Waals surface area (Å²) in [6.45, 7) is 1.42. The monoisotopic (exact) mass is 318 g/mol. The summed E-state index contributed by atoms with van der Waals surface area (Å²) in [5.74, 6) is -0.707. The minimum absolute atomic E-state index is 0.136. The molecule has 0 aliphatic carbocycles. The number of hydrogen-bond acceptors (Lipinski definition) is 3. The first kappa shape index (κ1) is 16.8. The number of rotatable bonds is 5. The second-order valence-corrected chi connectivity index (χ2v) is 5.16. The van der Waals surface area contributed by atoms with Crippen molar-refractivity contribution in [2.75, 3.05) is 20.2 Å². The number of aliphatic hydroxyl groups excluding tert-OH is 1. The van der Waals surface area contributed by atoms with Crippen molar-refractivity contribution in [3.05, 3.63) is 33.8 Å². The minimum atomic E-state index is -0.415. The van der Waals surface area contributed by atoms with E-state index in [1.165, 1.54) is 23.1 Å². The lowest BCUT2D eigenvalue weighted by Crippen LogP contribution is -2.43. The highest BCUT2D eigenvalue weighted by Gasteiger charge is 2.16. The van der Waals surface area contributed by atoms with Gasteiger partial charge in [-0.15, -0.1) is 0 Å². The molecule has 20 heavy (non-hydrogen) atoms. The highest BCUT2D eigenvalue weighted by Crippen LogP contribution is 2.22. The van der Waals surface area contributed by atoms with Crippen molar-refractivity contribution in [2.45, 2.75) is 13.0 Å². The molecule has 5 nitrogen and oxygen atoms in total. The molecule has 7 heteroatoms. The van der Waals surface area contributed by atoms with Crippen LogP contribution in [0, 0.1) is 0 Å². The molecule has 0 aliphatic rings. The zero-order valence-corrected chi connectivity index (χ0v) is 12.7. The van der Waals surface area contributed by atoms with Crippen molar-refractivity contribution < 1.29 is 14.7 Å². The van der Waals surface area contributed by atoms with Crippen LogP contribution in [0.5, 0.6) is 0 Å². The van der Waals surface area contributed by atoms with E-state index in [0.29, 0.717) is 10.6 Å². The molecular formula is C13H16Cl2N2O3. The average molecular weight is 319 g/mol. The Bertz CT molecular complexity index is 508. The van der Waals surface area contributed by atoms with E-state index in [0.717, 1.165) is 0 Å². The number of aliphatic hydroxyl groups is 1.